The summed E-state index contributed by atoms with van der Waals surface area (Å²) in [6, 6.07) is 1.53. The van der Waals surface area contributed by atoms with Crippen LogP contribution in [0.25, 0.3) is 0 Å². The third kappa shape index (κ3) is 5.99. The molecule has 1 saturated heterocycles. The van der Waals surface area contributed by atoms with Gasteiger partial charge in [0.1, 0.15) is 0 Å². The van der Waals surface area contributed by atoms with Crippen molar-refractivity contribution in [3.63, 3.8) is 0 Å². The Bertz CT molecular complexity index is 582. The van der Waals surface area contributed by atoms with E-state index >= 15 is 0 Å². The fraction of sp³-hybridized carbons (Fsp3) is 0.688. The highest BCUT2D eigenvalue weighted by Crippen LogP contribution is 2.15. The van der Waals surface area contributed by atoms with Gasteiger partial charge >= 0.3 is 0 Å². The fourth-order valence-electron chi connectivity index (χ4n) is 2.60. The van der Waals surface area contributed by atoms with E-state index in [-0.39, 0.29) is 11.5 Å². The van der Waals surface area contributed by atoms with Crippen molar-refractivity contribution in [1.82, 2.24) is 19.8 Å². The van der Waals surface area contributed by atoms with Crippen LogP contribution in [0.5, 0.6) is 0 Å². The molecule has 0 atom stereocenters. The molecule has 6 nitrogen and oxygen atoms in total. The first-order chi connectivity index (χ1) is 11.1. The lowest BCUT2D eigenvalue weighted by molar-refractivity contribution is -0.121. The first-order valence-corrected chi connectivity index (χ1v) is 9.21. The van der Waals surface area contributed by atoms with Crippen LogP contribution >= 0.6 is 11.8 Å². The van der Waals surface area contributed by atoms with Crippen LogP contribution < -0.4 is 10.9 Å². The molecule has 1 N–H and O–H groups in total. The summed E-state index contributed by atoms with van der Waals surface area (Å²) in [6.45, 7) is 5.83. The van der Waals surface area contributed by atoms with Crippen molar-refractivity contribution in [1.29, 1.82) is 0 Å². The van der Waals surface area contributed by atoms with Crippen LogP contribution in [-0.2, 0) is 11.8 Å². The third-order valence-electron chi connectivity index (χ3n) is 3.95. The molecule has 0 spiro atoms. The van der Waals surface area contributed by atoms with E-state index < -0.39 is 0 Å². The third-order valence-corrected chi connectivity index (χ3v) is 5.07. The predicted octanol–water partition coefficient (Wildman–Crippen LogP) is 1.17. The van der Waals surface area contributed by atoms with E-state index in [2.05, 4.69) is 15.2 Å². The van der Waals surface area contributed by atoms with Gasteiger partial charge in [0.2, 0.25) is 5.91 Å². The second kappa shape index (κ2) is 9.08. The van der Waals surface area contributed by atoms with Crippen LogP contribution in [0.15, 0.2) is 16.0 Å². The Morgan fingerprint density at radius 1 is 1.39 bits per heavy atom. The van der Waals surface area contributed by atoms with Crippen molar-refractivity contribution in [2.24, 2.45) is 7.05 Å². The highest BCUT2D eigenvalue weighted by molar-refractivity contribution is 7.99. The molecule has 0 bridgehead atoms. The Morgan fingerprint density at radius 2 is 2.13 bits per heavy atom. The maximum absolute atomic E-state index is 11.8. The Kier molecular flexibility index (Phi) is 7.11. The van der Waals surface area contributed by atoms with Crippen LogP contribution in [0.4, 0.5) is 0 Å². The average Bonchev–Trinajstić information content (AvgIpc) is 3.01. The molecule has 2 rings (SSSR count). The smallest absolute Gasteiger partial charge is 0.254 e. The monoisotopic (exact) mass is 338 g/mol. The fourth-order valence-corrected chi connectivity index (χ4v) is 3.56. The molecule has 7 heteroatoms. The maximum atomic E-state index is 11.8. The summed E-state index contributed by atoms with van der Waals surface area (Å²) >= 11 is 1.53. The van der Waals surface area contributed by atoms with Gasteiger partial charge in [-0.1, -0.05) is 11.8 Å². The quantitative estimate of drug-likeness (QED) is 0.438. The second-order valence-electron chi connectivity index (χ2n) is 5.93. The summed E-state index contributed by atoms with van der Waals surface area (Å²) in [5.41, 5.74) is 0.690. The molecular formula is C16H26N4O2S. The van der Waals surface area contributed by atoms with Gasteiger partial charge < -0.3 is 10.2 Å². The van der Waals surface area contributed by atoms with E-state index in [9.17, 15) is 9.59 Å². The minimum absolute atomic E-state index is 0.0420. The molecule has 0 saturated carbocycles. The van der Waals surface area contributed by atoms with Gasteiger partial charge in [-0.2, -0.15) is 0 Å². The largest absolute Gasteiger partial charge is 0.355 e. The Hall–Kier alpha value is -1.34. The standard InChI is InChI=1S/C16H26N4O2S/c1-13-12-15(22)19(2)16(18-13)23-11-5-6-14(21)17-7-10-20-8-3-4-9-20/h12H,3-11H2,1-2H3,(H,17,21). The van der Waals surface area contributed by atoms with Gasteiger partial charge in [0.05, 0.1) is 0 Å². The number of aryl methyl sites for hydroxylation is 1. The summed E-state index contributed by atoms with van der Waals surface area (Å²) in [5, 5.41) is 3.69. The van der Waals surface area contributed by atoms with Gasteiger partial charge in [-0.05, 0) is 39.3 Å². The lowest BCUT2D eigenvalue weighted by Crippen LogP contribution is -2.33. The van der Waals surface area contributed by atoms with Gasteiger partial charge in [0.25, 0.3) is 5.56 Å². The Balaban J connectivity index is 1.61. The van der Waals surface area contributed by atoms with Gasteiger partial charge in [-0.25, -0.2) is 4.98 Å². The van der Waals surface area contributed by atoms with Crippen molar-refractivity contribution >= 4 is 17.7 Å². The number of hydrogen-bond donors (Lipinski definition) is 1. The minimum atomic E-state index is -0.0420. The number of carbonyl (C=O) groups is 1. The molecule has 2 heterocycles. The van der Waals surface area contributed by atoms with Gasteiger partial charge in [0.15, 0.2) is 5.16 Å². The van der Waals surface area contributed by atoms with Crippen LogP contribution in [0.3, 0.4) is 0 Å². The number of nitrogens with zero attached hydrogens (tertiary/aromatic N) is 3. The van der Waals surface area contributed by atoms with Crippen LogP contribution in [0, 0.1) is 6.92 Å². The summed E-state index contributed by atoms with van der Waals surface area (Å²) in [4.78, 5) is 30.2. The summed E-state index contributed by atoms with van der Waals surface area (Å²) < 4.78 is 1.55. The Labute approximate surface area is 141 Å². The second-order valence-corrected chi connectivity index (χ2v) is 6.99. The van der Waals surface area contributed by atoms with Crippen molar-refractivity contribution < 1.29 is 4.79 Å². The zero-order valence-electron chi connectivity index (χ0n) is 14.0. The molecule has 0 unspecified atom stereocenters. The molecule has 1 aliphatic rings. The number of rotatable bonds is 8. The van der Waals surface area contributed by atoms with Gasteiger partial charge in [0, 0.05) is 44.1 Å². The molecular weight excluding hydrogens is 312 g/mol. The Morgan fingerprint density at radius 3 is 2.87 bits per heavy atom. The van der Waals surface area contributed by atoms with E-state index in [1.54, 1.807) is 11.6 Å². The van der Waals surface area contributed by atoms with Crippen molar-refractivity contribution in [2.45, 2.75) is 37.8 Å². The number of likely N-dealkylation sites (tertiary alicyclic amines) is 1. The van der Waals surface area contributed by atoms with E-state index in [1.165, 1.54) is 30.7 Å². The number of hydrogen-bond acceptors (Lipinski definition) is 5. The zero-order chi connectivity index (χ0) is 16.7. The van der Waals surface area contributed by atoms with Crippen LogP contribution in [-0.4, -0.2) is 52.3 Å². The van der Waals surface area contributed by atoms with E-state index in [0.29, 0.717) is 11.6 Å². The number of nitrogens with one attached hydrogen (secondary N) is 1. The summed E-state index contributed by atoms with van der Waals surface area (Å²) in [6.07, 6.45) is 3.86. The zero-order valence-corrected chi connectivity index (χ0v) is 14.8. The molecule has 1 aromatic rings. The molecule has 1 aromatic heterocycles. The van der Waals surface area contributed by atoms with Crippen LogP contribution in [0.2, 0.25) is 0 Å². The number of carbonyl (C=O) groups excluding carboxylic acids is 1. The highest BCUT2D eigenvalue weighted by atomic mass is 32.2. The molecule has 23 heavy (non-hydrogen) atoms. The van der Waals surface area contributed by atoms with E-state index in [1.807, 2.05) is 6.92 Å². The maximum Gasteiger partial charge on any atom is 0.254 e. The molecule has 0 aromatic carbocycles. The van der Waals surface area contributed by atoms with Crippen molar-refractivity contribution in [2.75, 3.05) is 31.9 Å². The van der Waals surface area contributed by atoms with E-state index in [0.717, 1.165) is 44.0 Å². The van der Waals surface area contributed by atoms with Crippen molar-refractivity contribution in [3.8, 4) is 0 Å². The topological polar surface area (TPSA) is 67.2 Å². The van der Waals surface area contributed by atoms with E-state index in [4.69, 9.17) is 0 Å². The van der Waals surface area contributed by atoms with Gasteiger partial charge in [-0.3, -0.25) is 14.2 Å². The molecule has 1 amide bonds. The lowest BCUT2D eigenvalue weighted by atomic mass is 10.3. The summed E-state index contributed by atoms with van der Waals surface area (Å²) in [5.74, 6) is 0.888. The van der Waals surface area contributed by atoms with Gasteiger partial charge in [-0.15, -0.1) is 0 Å². The summed E-state index contributed by atoms with van der Waals surface area (Å²) in [7, 11) is 1.72. The normalized spacial score (nSPS) is 15.0. The number of amides is 1. The molecule has 128 valence electrons. The average molecular weight is 338 g/mol. The predicted molar refractivity (Wildman–Crippen MR) is 92.9 cm³/mol. The highest BCUT2D eigenvalue weighted by Gasteiger charge is 2.11. The molecule has 1 aliphatic heterocycles. The number of aromatic nitrogens is 2. The molecule has 0 radical (unpaired) electrons. The SMILES string of the molecule is Cc1cc(=O)n(C)c(SCCCC(=O)NCCN2CCCC2)n1. The minimum Gasteiger partial charge on any atom is -0.355 e. The first kappa shape index (κ1) is 18.0. The lowest BCUT2D eigenvalue weighted by Gasteiger charge is -2.14. The van der Waals surface area contributed by atoms with Crippen molar-refractivity contribution in [3.05, 3.63) is 22.1 Å². The first-order valence-electron chi connectivity index (χ1n) is 8.23. The number of thioether (sulfide) groups is 1. The van der Waals surface area contributed by atoms with Crippen LogP contribution in [0.1, 0.15) is 31.4 Å². The molecule has 0 aliphatic carbocycles. The molecule has 1 fully saturated rings.